The number of hydrogen-bond acceptors (Lipinski definition) is 5. The molecule has 0 amide bonds. The van der Waals surface area contributed by atoms with Gasteiger partial charge in [-0.2, -0.15) is 4.98 Å². The molecule has 0 atom stereocenters. The zero-order valence-electron chi connectivity index (χ0n) is 12.0. The molecule has 1 aliphatic rings. The summed E-state index contributed by atoms with van der Waals surface area (Å²) in [4.78, 5) is 8.90. The van der Waals surface area contributed by atoms with Crippen molar-refractivity contribution in [1.82, 2.24) is 15.1 Å². The lowest BCUT2D eigenvalue weighted by Gasteiger charge is -2.29. The largest absolute Gasteiger partial charge is 0.337 e. The van der Waals surface area contributed by atoms with Crippen molar-refractivity contribution in [3.63, 3.8) is 0 Å². The van der Waals surface area contributed by atoms with Crippen molar-refractivity contribution in [1.29, 1.82) is 0 Å². The van der Waals surface area contributed by atoms with Gasteiger partial charge in [0.1, 0.15) is 5.69 Å². The van der Waals surface area contributed by atoms with E-state index in [9.17, 15) is 0 Å². The predicted molar refractivity (Wildman–Crippen MR) is 76.0 cm³/mol. The summed E-state index contributed by atoms with van der Waals surface area (Å²) in [7, 11) is 0. The second-order valence-electron chi connectivity index (χ2n) is 5.82. The van der Waals surface area contributed by atoms with Crippen molar-refractivity contribution < 1.29 is 4.52 Å². The van der Waals surface area contributed by atoms with E-state index < -0.39 is 5.54 Å². The number of nitrogens with two attached hydrogens (primary N) is 1. The van der Waals surface area contributed by atoms with Crippen molar-refractivity contribution in [3.8, 4) is 11.5 Å². The molecule has 1 saturated carbocycles. The average molecular weight is 272 g/mol. The van der Waals surface area contributed by atoms with Crippen LogP contribution in [-0.4, -0.2) is 15.1 Å². The summed E-state index contributed by atoms with van der Waals surface area (Å²) in [6.07, 6.45) is 7.12. The molecular formula is C15H20N4O. The third-order valence-corrected chi connectivity index (χ3v) is 4.02. The molecule has 106 valence electrons. The average Bonchev–Trinajstić information content (AvgIpc) is 2.90. The van der Waals surface area contributed by atoms with E-state index in [1.165, 1.54) is 6.42 Å². The van der Waals surface area contributed by atoms with Crippen LogP contribution in [0.1, 0.15) is 49.1 Å². The maximum Gasteiger partial charge on any atom is 0.247 e. The monoisotopic (exact) mass is 272 g/mol. The molecular weight excluding hydrogens is 252 g/mol. The van der Waals surface area contributed by atoms with Crippen molar-refractivity contribution in [2.24, 2.45) is 5.73 Å². The molecule has 0 bridgehead atoms. The third kappa shape index (κ3) is 2.33. The minimum absolute atomic E-state index is 0.456. The predicted octanol–water partition coefficient (Wildman–Crippen LogP) is 2.87. The molecule has 0 aliphatic heterocycles. The molecule has 20 heavy (non-hydrogen) atoms. The fourth-order valence-corrected chi connectivity index (χ4v) is 2.87. The van der Waals surface area contributed by atoms with Gasteiger partial charge in [0.25, 0.3) is 0 Å². The van der Waals surface area contributed by atoms with E-state index in [1.807, 2.05) is 20.0 Å². The van der Waals surface area contributed by atoms with E-state index in [0.717, 1.165) is 42.5 Å². The Morgan fingerprint density at radius 1 is 1.20 bits per heavy atom. The highest BCUT2D eigenvalue weighted by molar-refractivity contribution is 5.54. The van der Waals surface area contributed by atoms with Gasteiger partial charge in [0.05, 0.1) is 5.54 Å². The topological polar surface area (TPSA) is 77.8 Å². The molecule has 0 spiro atoms. The molecule has 2 heterocycles. The summed E-state index contributed by atoms with van der Waals surface area (Å²) in [5, 5.41) is 4.07. The van der Waals surface area contributed by atoms with Gasteiger partial charge in [0, 0.05) is 6.20 Å². The smallest absolute Gasteiger partial charge is 0.247 e. The van der Waals surface area contributed by atoms with Crippen molar-refractivity contribution in [3.05, 3.63) is 29.3 Å². The first kappa shape index (κ1) is 13.2. The Bertz CT molecular complexity index is 614. The van der Waals surface area contributed by atoms with Gasteiger partial charge in [-0.25, -0.2) is 0 Å². The molecule has 5 nitrogen and oxygen atoms in total. The molecule has 2 aromatic rings. The quantitative estimate of drug-likeness (QED) is 0.909. The van der Waals surface area contributed by atoms with E-state index in [-0.39, 0.29) is 0 Å². The lowest BCUT2D eigenvalue weighted by molar-refractivity contribution is 0.220. The van der Waals surface area contributed by atoms with Crippen LogP contribution in [-0.2, 0) is 5.54 Å². The highest BCUT2D eigenvalue weighted by Crippen LogP contribution is 2.34. The minimum atomic E-state index is -0.456. The first-order chi connectivity index (χ1) is 9.58. The molecule has 2 N–H and O–H groups in total. The molecule has 3 rings (SSSR count). The summed E-state index contributed by atoms with van der Waals surface area (Å²) >= 11 is 0. The first-order valence-corrected chi connectivity index (χ1v) is 7.15. The Labute approximate surface area is 118 Å². The fraction of sp³-hybridized carbons (Fsp3) is 0.533. The maximum atomic E-state index is 6.42. The van der Waals surface area contributed by atoms with E-state index in [2.05, 4.69) is 21.2 Å². The molecule has 0 aromatic carbocycles. The molecule has 0 radical (unpaired) electrons. The minimum Gasteiger partial charge on any atom is -0.337 e. The standard InChI is InChI=1S/C15H20N4O/c1-10-8-11(2)12(17-9-10)13-18-14(20-19-13)15(16)6-4-3-5-7-15/h8-9H,3-7,16H2,1-2H3. The summed E-state index contributed by atoms with van der Waals surface area (Å²) in [5.41, 5.74) is 8.90. The zero-order valence-corrected chi connectivity index (χ0v) is 12.0. The Hall–Kier alpha value is -1.75. The van der Waals surface area contributed by atoms with E-state index >= 15 is 0 Å². The van der Waals surface area contributed by atoms with Crippen LogP contribution in [0.25, 0.3) is 11.5 Å². The number of rotatable bonds is 2. The molecule has 1 fully saturated rings. The van der Waals surface area contributed by atoms with Gasteiger partial charge in [-0.15, -0.1) is 0 Å². The van der Waals surface area contributed by atoms with Crippen LogP contribution in [0.4, 0.5) is 0 Å². The van der Waals surface area contributed by atoms with Crippen molar-refractivity contribution in [2.75, 3.05) is 0 Å². The van der Waals surface area contributed by atoms with Crippen molar-refractivity contribution >= 4 is 0 Å². The first-order valence-electron chi connectivity index (χ1n) is 7.15. The molecule has 1 aliphatic carbocycles. The zero-order chi connectivity index (χ0) is 14.2. The van der Waals surface area contributed by atoms with Gasteiger partial charge in [-0.05, 0) is 37.8 Å². The van der Waals surface area contributed by atoms with Crippen molar-refractivity contribution in [2.45, 2.75) is 51.5 Å². The van der Waals surface area contributed by atoms with Gasteiger partial charge in [-0.3, -0.25) is 4.98 Å². The van der Waals surface area contributed by atoms with Gasteiger partial charge in [0.2, 0.25) is 11.7 Å². The van der Waals surface area contributed by atoms with Crippen LogP contribution >= 0.6 is 0 Å². The number of aryl methyl sites for hydroxylation is 2. The second-order valence-corrected chi connectivity index (χ2v) is 5.82. The van der Waals surface area contributed by atoms with Crippen LogP contribution in [0.5, 0.6) is 0 Å². The van der Waals surface area contributed by atoms with Gasteiger partial charge in [-0.1, -0.05) is 30.5 Å². The number of nitrogens with zero attached hydrogens (tertiary/aromatic N) is 3. The fourth-order valence-electron chi connectivity index (χ4n) is 2.87. The van der Waals surface area contributed by atoms with Gasteiger partial charge < -0.3 is 10.3 Å². The summed E-state index contributed by atoms with van der Waals surface area (Å²) in [6, 6.07) is 2.07. The second kappa shape index (κ2) is 4.98. The molecule has 2 aromatic heterocycles. The lowest BCUT2D eigenvalue weighted by atomic mass is 9.82. The number of pyridine rings is 1. The van der Waals surface area contributed by atoms with E-state index in [1.54, 1.807) is 0 Å². The normalized spacial score (nSPS) is 18.1. The third-order valence-electron chi connectivity index (χ3n) is 4.02. The highest BCUT2D eigenvalue weighted by atomic mass is 16.5. The number of aromatic nitrogens is 3. The molecule has 5 heteroatoms. The Kier molecular flexibility index (Phi) is 3.30. The van der Waals surface area contributed by atoms with Gasteiger partial charge >= 0.3 is 0 Å². The lowest BCUT2D eigenvalue weighted by Crippen LogP contribution is -2.38. The SMILES string of the molecule is Cc1cnc(-c2noc(C3(N)CCCCC3)n2)c(C)c1. The summed E-state index contributed by atoms with van der Waals surface area (Å²) < 4.78 is 5.42. The van der Waals surface area contributed by atoms with Crippen LogP contribution in [0.15, 0.2) is 16.8 Å². The Balaban J connectivity index is 1.93. The van der Waals surface area contributed by atoms with Crippen LogP contribution < -0.4 is 5.73 Å². The van der Waals surface area contributed by atoms with E-state index in [4.69, 9.17) is 10.3 Å². The molecule has 0 saturated heterocycles. The van der Waals surface area contributed by atoms with E-state index in [0.29, 0.717) is 11.7 Å². The van der Waals surface area contributed by atoms with Gasteiger partial charge in [0.15, 0.2) is 0 Å². The highest BCUT2D eigenvalue weighted by Gasteiger charge is 2.35. The maximum absolute atomic E-state index is 6.42. The summed E-state index contributed by atoms with van der Waals surface area (Å²) in [6.45, 7) is 4.02. The summed E-state index contributed by atoms with van der Waals surface area (Å²) in [5.74, 6) is 1.09. The molecule has 0 unspecified atom stereocenters. The Morgan fingerprint density at radius 3 is 2.65 bits per heavy atom. The number of hydrogen-bond donors (Lipinski definition) is 1. The van der Waals surface area contributed by atoms with Crippen LogP contribution in [0, 0.1) is 13.8 Å². The Morgan fingerprint density at radius 2 is 1.95 bits per heavy atom. The van der Waals surface area contributed by atoms with Crippen LogP contribution in [0.3, 0.4) is 0 Å². The van der Waals surface area contributed by atoms with Crippen LogP contribution in [0.2, 0.25) is 0 Å².